The minimum atomic E-state index is -0.660. The zero-order valence-corrected chi connectivity index (χ0v) is 24.2. The fraction of sp³-hybridized carbons (Fsp3) is 0.324. The standard InChI is InChI=1S/C22H20O2.C14H14O.CH4.V/c23-20(16-8-2-1-3-9-16)15-22(18-11-5-6-12-18)14-17-10-4-7-13-19(17)21(22)24;15-14-12-8-4-3-7-11(12)9-13(14)10-5-1-2-6-10;;/h1-4,7-11,13H,5-6,12,14-15H2;3-4,7-8H,1-2,5-6,9H2;1H4;. The first-order chi connectivity index (χ1) is 19.1. The van der Waals surface area contributed by atoms with E-state index in [1.54, 1.807) is 0 Å². The second-order valence-corrected chi connectivity index (χ2v) is 11.3. The van der Waals surface area contributed by atoms with Gasteiger partial charge in [0.25, 0.3) is 0 Å². The molecule has 0 bridgehead atoms. The maximum absolute atomic E-state index is 13.3. The van der Waals surface area contributed by atoms with Gasteiger partial charge in [-0.2, -0.15) is 0 Å². The summed E-state index contributed by atoms with van der Waals surface area (Å²) < 4.78 is 0. The molecule has 0 aromatic heterocycles. The Hall–Kier alpha value is -3.27. The summed E-state index contributed by atoms with van der Waals surface area (Å²) in [5.41, 5.74) is 7.77. The summed E-state index contributed by atoms with van der Waals surface area (Å²) in [5.74, 6) is 0.489. The van der Waals surface area contributed by atoms with Gasteiger partial charge in [-0.05, 0) is 62.5 Å². The van der Waals surface area contributed by atoms with Crippen molar-refractivity contribution in [2.75, 3.05) is 0 Å². The molecule has 3 aromatic rings. The number of fused-ring (bicyclic) bond motifs is 2. The van der Waals surface area contributed by atoms with Gasteiger partial charge in [-0.25, -0.2) is 0 Å². The fourth-order valence-electron chi connectivity index (χ4n) is 6.90. The van der Waals surface area contributed by atoms with E-state index >= 15 is 0 Å². The summed E-state index contributed by atoms with van der Waals surface area (Å²) in [4.78, 5) is 38.3. The van der Waals surface area contributed by atoms with Crippen LogP contribution >= 0.6 is 0 Å². The number of benzene rings is 3. The molecule has 4 heteroatoms. The molecule has 3 aromatic carbocycles. The predicted octanol–water partition coefficient (Wildman–Crippen LogP) is 8.72. The Balaban J connectivity index is 0.000000197. The van der Waals surface area contributed by atoms with Crippen molar-refractivity contribution in [2.45, 2.75) is 71.6 Å². The third-order valence-electron chi connectivity index (χ3n) is 8.94. The van der Waals surface area contributed by atoms with E-state index < -0.39 is 5.41 Å². The van der Waals surface area contributed by atoms with Crippen molar-refractivity contribution in [1.82, 2.24) is 0 Å². The third kappa shape index (κ3) is 5.89. The van der Waals surface area contributed by atoms with Crippen LogP contribution in [0.5, 0.6) is 0 Å². The maximum atomic E-state index is 13.3. The molecule has 7 rings (SSSR count). The van der Waals surface area contributed by atoms with E-state index in [2.05, 4.69) is 12.1 Å². The van der Waals surface area contributed by atoms with E-state index in [4.69, 9.17) is 0 Å². The van der Waals surface area contributed by atoms with Crippen LogP contribution in [-0.2, 0) is 31.4 Å². The van der Waals surface area contributed by atoms with Crippen molar-refractivity contribution in [3.05, 3.63) is 129 Å². The van der Waals surface area contributed by atoms with E-state index in [-0.39, 0.29) is 44.0 Å². The van der Waals surface area contributed by atoms with Crippen LogP contribution in [0.4, 0.5) is 0 Å². The summed E-state index contributed by atoms with van der Waals surface area (Å²) in [6, 6.07) is 25.2. The number of allylic oxidation sites excluding steroid dienone is 4. The summed E-state index contributed by atoms with van der Waals surface area (Å²) in [6.07, 6.45) is 11.9. The van der Waals surface area contributed by atoms with Crippen LogP contribution in [0.3, 0.4) is 0 Å². The minimum absolute atomic E-state index is 0. The number of hydrogen-bond acceptors (Lipinski definition) is 3. The Labute approximate surface area is 256 Å². The van der Waals surface area contributed by atoms with Crippen LogP contribution in [-0.4, -0.2) is 17.3 Å². The second kappa shape index (κ2) is 13.1. The van der Waals surface area contributed by atoms with Gasteiger partial charge in [0, 0.05) is 53.7 Å². The Morgan fingerprint density at radius 3 is 2.00 bits per heavy atom. The van der Waals surface area contributed by atoms with E-state index in [1.165, 1.54) is 29.6 Å². The molecular formula is C37H38O3V. The molecular weight excluding hydrogens is 543 g/mol. The van der Waals surface area contributed by atoms with Gasteiger partial charge < -0.3 is 0 Å². The van der Waals surface area contributed by atoms with Crippen molar-refractivity contribution >= 4 is 17.3 Å². The number of ketones is 3. The van der Waals surface area contributed by atoms with Gasteiger partial charge >= 0.3 is 0 Å². The molecule has 0 amide bonds. The first-order valence-corrected chi connectivity index (χ1v) is 14.3. The maximum Gasteiger partial charge on any atom is 0.189 e. The van der Waals surface area contributed by atoms with Gasteiger partial charge in [-0.15, -0.1) is 0 Å². The molecule has 0 saturated heterocycles. The van der Waals surface area contributed by atoms with Crippen molar-refractivity contribution in [3.8, 4) is 0 Å². The molecule has 41 heavy (non-hydrogen) atoms. The molecule has 0 spiro atoms. The minimum Gasteiger partial charge on any atom is -0.294 e. The molecule has 0 N–H and O–H groups in total. The second-order valence-electron chi connectivity index (χ2n) is 11.3. The van der Waals surface area contributed by atoms with E-state index in [0.717, 1.165) is 60.8 Å². The zero-order chi connectivity index (χ0) is 26.8. The smallest absolute Gasteiger partial charge is 0.189 e. The summed E-state index contributed by atoms with van der Waals surface area (Å²) in [6.45, 7) is 0. The summed E-state index contributed by atoms with van der Waals surface area (Å²) in [7, 11) is 0. The van der Waals surface area contributed by atoms with Crippen molar-refractivity contribution in [2.24, 2.45) is 5.41 Å². The number of Topliss-reactive ketones (excluding diaryl/α,β-unsaturated/α-hetero) is 3. The van der Waals surface area contributed by atoms with Gasteiger partial charge in [0.2, 0.25) is 0 Å². The van der Waals surface area contributed by atoms with E-state index in [9.17, 15) is 14.4 Å². The van der Waals surface area contributed by atoms with Crippen LogP contribution < -0.4 is 0 Å². The van der Waals surface area contributed by atoms with Gasteiger partial charge in [-0.3, -0.25) is 14.4 Å². The Morgan fingerprint density at radius 1 is 0.732 bits per heavy atom. The number of rotatable bonds is 4. The van der Waals surface area contributed by atoms with Crippen molar-refractivity contribution < 1.29 is 32.9 Å². The molecule has 209 valence electrons. The van der Waals surface area contributed by atoms with Crippen LogP contribution in [0.15, 0.2) is 102 Å². The topological polar surface area (TPSA) is 51.2 Å². The van der Waals surface area contributed by atoms with Crippen molar-refractivity contribution in [3.63, 3.8) is 0 Å². The molecule has 1 unspecified atom stereocenters. The predicted molar refractivity (Wildman–Crippen MR) is 161 cm³/mol. The van der Waals surface area contributed by atoms with Crippen LogP contribution in [0, 0.1) is 5.41 Å². The zero-order valence-electron chi connectivity index (χ0n) is 22.8. The SMILES string of the molecule is C.O=C(CC1(C2=CCCC2)Cc2ccccc2C1=O)c1ccccc1.O=C1C(=C2CCCC2)Cc2ccccc21.[V]. The largest absolute Gasteiger partial charge is 0.294 e. The molecule has 1 radical (unpaired) electrons. The van der Waals surface area contributed by atoms with E-state index in [1.807, 2.05) is 72.8 Å². The monoisotopic (exact) mass is 581 g/mol. The summed E-state index contributed by atoms with van der Waals surface area (Å²) in [5, 5.41) is 0. The van der Waals surface area contributed by atoms with E-state index in [0.29, 0.717) is 17.8 Å². The van der Waals surface area contributed by atoms with Crippen LogP contribution in [0.2, 0.25) is 0 Å². The molecule has 0 heterocycles. The average molecular weight is 582 g/mol. The Morgan fingerprint density at radius 2 is 1.37 bits per heavy atom. The number of carbonyl (C=O) groups is 3. The first kappa shape index (κ1) is 30.7. The molecule has 1 saturated carbocycles. The number of hydrogen-bond donors (Lipinski definition) is 0. The van der Waals surface area contributed by atoms with Gasteiger partial charge in [0.15, 0.2) is 17.3 Å². The summed E-state index contributed by atoms with van der Waals surface area (Å²) >= 11 is 0. The number of carbonyl (C=O) groups excluding carboxylic acids is 3. The normalized spacial score (nSPS) is 20.3. The fourth-order valence-corrected chi connectivity index (χ4v) is 6.90. The third-order valence-corrected chi connectivity index (χ3v) is 8.94. The van der Waals surface area contributed by atoms with Gasteiger partial charge in [0.1, 0.15) is 0 Å². The first-order valence-electron chi connectivity index (χ1n) is 14.3. The molecule has 3 nitrogen and oxygen atoms in total. The molecule has 4 aliphatic rings. The molecule has 1 fully saturated rings. The van der Waals surface area contributed by atoms with Gasteiger partial charge in [0.05, 0.1) is 5.41 Å². The van der Waals surface area contributed by atoms with Crippen LogP contribution in [0.25, 0.3) is 0 Å². The van der Waals surface area contributed by atoms with Crippen LogP contribution in [0.1, 0.15) is 101 Å². The molecule has 1 atom stereocenters. The van der Waals surface area contributed by atoms with Crippen molar-refractivity contribution in [1.29, 1.82) is 0 Å². The van der Waals surface area contributed by atoms with Gasteiger partial charge in [-0.1, -0.05) is 104 Å². The quantitative estimate of drug-likeness (QED) is 0.176. The Kier molecular flexibility index (Phi) is 9.84. The Bertz CT molecular complexity index is 1510. The average Bonchev–Trinajstić information content (AvgIpc) is 3.78. The molecule has 0 aliphatic heterocycles. The molecule has 4 aliphatic carbocycles.